The van der Waals surface area contributed by atoms with E-state index in [1.165, 1.54) is 12.1 Å². The van der Waals surface area contributed by atoms with E-state index in [9.17, 15) is 14.9 Å². The van der Waals surface area contributed by atoms with Crippen LogP contribution in [0.3, 0.4) is 0 Å². The SMILES string of the molecule is CC(C)(C)NCCC(=O)Nc1ccc([N+](=O)[O-])cc1C#N. The Hall–Kier alpha value is -2.46. The van der Waals surface area contributed by atoms with Crippen LogP contribution in [0.2, 0.25) is 0 Å². The molecule has 0 radical (unpaired) electrons. The van der Waals surface area contributed by atoms with Crippen molar-refractivity contribution in [1.82, 2.24) is 5.32 Å². The smallest absolute Gasteiger partial charge is 0.270 e. The molecular formula is C14H18N4O3. The van der Waals surface area contributed by atoms with Crippen LogP contribution in [0.25, 0.3) is 0 Å². The van der Waals surface area contributed by atoms with E-state index in [4.69, 9.17) is 5.26 Å². The molecule has 0 aliphatic carbocycles. The zero-order chi connectivity index (χ0) is 16.0. The zero-order valence-electron chi connectivity index (χ0n) is 12.3. The van der Waals surface area contributed by atoms with Crippen LogP contribution in [0.1, 0.15) is 32.8 Å². The lowest BCUT2D eigenvalue weighted by molar-refractivity contribution is -0.384. The van der Waals surface area contributed by atoms with E-state index in [1.54, 1.807) is 0 Å². The molecule has 112 valence electrons. The Morgan fingerprint density at radius 3 is 2.62 bits per heavy atom. The van der Waals surface area contributed by atoms with Crippen molar-refractivity contribution in [3.8, 4) is 6.07 Å². The van der Waals surface area contributed by atoms with Gasteiger partial charge < -0.3 is 10.6 Å². The lowest BCUT2D eigenvalue weighted by Gasteiger charge is -2.20. The van der Waals surface area contributed by atoms with Gasteiger partial charge in [-0.2, -0.15) is 5.26 Å². The van der Waals surface area contributed by atoms with E-state index in [2.05, 4.69) is 10.6 Å². The van der Waals surface area contributed by atoms with Crippen LogP contribution in [0.4, 0.5) is 11.4 Å². The summed E-state index contributed by atoms with van der Waals surface area (Å²) < 4.78 is 0. The summed E-state index contributed by atoms with van der Waals surface area (Å²) in [5, 5.41) is 25.4. The maximum Gasteiger partial charge on any atom is 0.270 e. The molecular weight excluding hydrogens is 272 g/mol. The van der Waals surface area contributed by atoms with Crippen molar-refractivity contribution >= 4 is 17.3 Å². The van der Waals surface area contributed by atoms with Gasteiger partial charge >= 0.3 is 0 Å². The number of amides is 1. The van der Waals surface area contributed by atoms with Crippen molar-refractivity contribution in [2.45, 2.75) is 32.7 Å². The largest absolute Gasteiger partial charge is 0.325 e. The second kappa shape index (κ2) is 6.81. The third-order valence-electron chi connectivity index (χ3n) is 2.62. The van der Waals surface area contributed by atoms with Gasteiger partial charge in [-0.05, 0) is 26.8 Å². The molecule has 0 aromatic heterocycles. The first-order valence-electron chi connectivity index (χ1n) is 6.46. The Bertz CT molecular complexity index is 585. The van der Waals surface area contributed by atoms with Gasteiger partial charge in [0.05, 0.1) is 16.2 Å². The van der Waals surface area contributed by atoms with Gasteiger partial charge in [-0.1, -0.05) is 0 Å². The molecule has 0 saturated heterocycles. The number of carbonyl (C=O) groups excluding carboxylic acids is 1. The van der Waals surface area contributed by atoms with Crippen molar-refractivity contribution in [2.24, 2.45) is 0 Å². The topological polar surface area (TPSA) is 108 Å². The zero-order valence-corrected chi connectivity index (χ0v) is 12.3. The molecule has 0 heterocycles. The third kappa shape index (κ3) is 5.58. The molecule has 2 N–H and O–H groups in total. The van der Waals surface area contributed by atoms with Crippen molar-refractivity contribution in [3.05, 3.63) is 33.9 Å². The minimum Gasteiger partial charge on any atom is -0.325 e. The number of carbonyl (C=O) groups is 1. The Balaban J connectivity index is 2.68. The van der Waals surface area contributed by atoms with E-state index in [0.717, 1.165) is 6.07 Å². The number of hydrogen-bond donors (Lipinski definition) is 2. The predicted molar refractivity (Wildman–Crippen MR) is 78.8 cm³/mol. The molecule has 0 fully saturated rings. The number of nitrogens with one attached hydrogen (secondary N) is 2. The van der Waals surface area contributed by atoms with Gasteiger partial charge in [-0.15, -0.1) is 0 Å². The van der Waals surface area contributed by atoms with E-state index >= 15 is 0 Å². The van der Waals surface area contributed by atoms with Crippen LogP contribution in [-0.2, 0) is 4.79 Å². The quantitative estimate of drug-likeness (QED) is 0.638. The number of benzene rings is 1. The van der Waals surface area contributed by atoms with Crippen molar-refractivity contribution in [3.63, 3.8) is 0 Å². The van der Waals surface area contributed by atoms with Gasteiger partial charge in [0, 0.05) is 30.6 Å². The Labute approximate surface area is 123 Å². The lowest BCUT2D eigenvalue weighted by Crippen LogP contribution is -2.37. The Kier molecular flexibility index (Phi) is 5.38. The molecule has 21 heavy (non-hydrogen) atoms. The predicted octanol–water partition coefficient (Wildman–Crippen LogP) is 2.18. The number of nitro benzene ring substituents is 1. The molecule has 0 saturated carbocycles. The summed E-state index contributed by atoms with van der Waals surface area (Å²) in [6.45, 7) is 6.49. The van der Waals surface area contributed by atoms with E-state index in [0.29, 0.717) is 6.54 Å². The van der Waals surface area contributed by atoms with E-state index in [-0.39, 0.29) is 34.8 Å². The van der Waals surface area contributed by atoms with Crippen LogP contribution in [0.5, 0.6) is 0 Å². The summed E-state index contributed by atoms with van der Waals surface area (Å²) in [6.07, 6.45) is 0.249. The number of nitriles is 1. The van der Waals surface area contributed by atoms with Gasteiger partial charge in [0.15, 0.2) is 0 Å². The molecule has 0 spiro atoms. The van der Waals surface area contributed by atoms with Crippen LogP contribution in [-0.4, -0.2) is 22.9 Å². The Morgan fingerprint density at radius 1 is 1.43 bits per heavy atom. The summed E-state index contributed by atoms with van der Waals surface area (Å²) >= 11 is 0. The highest BCUT2D eigenvalue weighted by molar-refractivity contribution is 5.92. The van der Waals surface area contributed by atoms with Crippen molar-refractivity contribution in [1.29, 1.82) is 5.26 Å². The number of hydrogen-bond acceptors (Lipinski definition) is 5. The normalized spacial score (nSPS) is 10.8. The first kappa shape index (κ1) is 16.6. The fraction of sp³-hybridized carbons (Fsp3) is 0.429. The summed E-state index contributed by atoms with van der Waals surface area (Å²) in [5.74, 6) is -0.253. The molecule has 7 nitrogen and oxygen atoms in total. The van der Waals surface area contributed by atoms with E-state index in [1.807, 2.05) is 26.8 Å². The highest BCUT2D eigenvalue weighted by Gasteiger charge is 2.13. The third-order valence-corrected chi connectivity index (χ3v) is 2.62. The van der Waals surface area contributed by atoms with E-state index < -0.39 is 4.92 Å². The molecule has 1 amide bonds. The maximum atomic E-state index is 11.8. The van der Waals surface area contributed by atoms with Crippen LogP contribution in [0, 0.1) is 21.4 Å². The summed E-state index contributed by atoms with van der Waals surface area (Å²) in [5.41, 5.74) is 0.0926. The first-order valence-corrected chi connectivity index (χ1v) is 6.46. The summed E-state index contributed by atoms with van der Waals surface area (Å²) in [7, 11) is 0. The highest BCUT2D eigenvalue weighted by Crippen LogP contribution is 2.21. The van der Waals surface area contributed by atoms with Gasteiger partial charge in [-0.3, -0.25) is 14.9 Å². The average Bonchev–Trinajstić information content (AvgIpc) is 2.37. The molecule has 0 aliphatic heterocycles. The number of nitro groups is 1. The van der Waals surface area contributed by atoms with Gasteiger partial charge in [0.2, 0.25) is 5.91 Å². The van der Waals surface area contributed by atoms with Gasteiger partial charge in [-0.25, -0.2) is 0 Å². The lowest BCUT2D eigenvalue weighted by atomic mass is 10.1. The molecule has 0 atom stereocenters. The minimum absolute atomic E-state index is 0.0707. The molecule has 1 aromatic carbocycles. The van der Waals surface area contributed by atoms with Crippen molar-refractivity contribution in [2.75, 3.05) is 11.9 Å². The molecule has 0 aliphatic rings. The average molecular weight is 290 g/mol. The number of anilines is 1. The molecule has 0 unspecified atom stereocenters. The maximum absolute atomic E-state index is 11.8. The molecule has 0 bridgehead atoms. The van der Waals surface area contributed by atoms with Crippen LogP contribution < -0.4 is 10.6 Å². The summed E-state index contributed by atoms with van der Waals surface area (Å²) in [4.78, 5) is 21.8. The monoisotopic (exact) mass is 290 g/mol. The number of non-ortho nitro benzene ring substituents is 1. The second-order valence-corrected chi connectivity index (χ2v) is 5.57. The number of rotatable bonds is 5. The summed E-state index contributed by atoms with van der Waals surface area (Å²) in [6, 6.07) is 5.60. The van der Waals surface area contributed by atoms with Crippen LogP contribution >= 0.6 is 0 Å². The fourth-order valence-electron chi connectivity index (χ4n) is 1.61. The highest BCUT2D eigenvalue weighted by atomic mass is 16.6. The molecule has 7 heteroatoms. The molecule has 1 rings (SSSR count). The first-order chi connectivity index (χ1) is 9.73. The van der Waals surface area contributed by atoms with Crippen molar-refractivity contribution < 1.29 is 9.72 Å². The standard InChI is InChI=1S/C14H18N4O3/c1-14(2,3)16-7-6-13(19)17-12-5-4-11(18(20)21)8-10(12)9-15/h4-5,8,16H,6-7H2,1-3H3,(H,17,19). The van der Waals surface area contributed by atoms with Gasteiger partial charge in [0.25, 0.3) is 5.69 Å². The van der Waals surface area contributed by atoms with Gasteiger partial charge in [0.1, 0.15) is 6.07 Å². The minimum atomic E-state index is -0.584. The second-order valence-electron chi connectivity index (χ2n) is 5.57. The molecule has 1 aromatic rings. The Morgan fingerprint density at radius 2 is 2.10 bits per heavy atom. The number of nitrogens with zero attached hydrogens (tertiary/aromatic N) is 2. The van der Waals surface area contributed by atoms with Crippen LogP contribution in [0.15, 0.2) is 18.2 Å². The fourth-order valence-corrected chi connectivity index (χ4v) is 1.61.